The summed E-state index contributed by atoms with van der Waals surface area (Å²) in [6.07, 6.45) is 1.56. The average molecular weight is 437 g/mol. The highest BCUT2D eigenvalue weighted by Crippen LogP contribution is 2.33. The van der Waals surface area contributed by atoms with E-state index in [-0.39, 0.29) is 5.91 Å². The number of aromatic nitrogens is 1. The maximum Gasteiger partial charge on any atom is 0.413 e. The predicted molar refractivity (Wildman–Crippen MR) is 121 cm³/mol. The van der Waals surface area contributed by atoms with E-state index in [2.05, 4.69) is 20.9 Å². The summed E-state index contributed by atoms with van der Waals surface area (Å²) < 4.78 is 5.43. The number of hydrogen-bond acceptors (Lipinski definition) is 6. The molecule has 0 atom stereocenters. The second-order valence-corrected chi connectivity index (χ2v) is 8.48. The van der Waals surface area contributed by atoms with Crippen LogP contribution in [0, 0.1) is 13.8 Å². The van der Waals surface area contributed by atoms with Crippen molar-refractivity contribution in [3.63, 3.8) is 0 Å². The average Bonchev–Trinajstić information content (AvgIpc) is 3.51. The van der Waals surface area contributed by atoms with E-state index in [9.17, 15) is 9.59 Å². The van der Waals surface area contributed by atoms with Crippen molar-refractivity contribution in [3.05, 3.63) is 70.9 Å². The van der Waals surface area contributed by atoms with Crippen LogP contribution < -0.4 is 20.7 Å². The van der Waals surface area contributed by atoms with Crippen LogP contribution >= 0.6 is 11.3 Å². The van der Waals surface area contributed by atoms with Gasteiger partial charge in [-0.25, -0.2) is 9.78 Å². The normalized spacial score (nSPS) is 12.8. The summed E-state index contributed by atoms with van der Waals surface area (Å²) >= 11 is 1.24. The van der Waals surface area contributed by atoms with Gasteiger partial charge in [-0.05, 0) is 49.9 Å². The topological polar surface area (TPSA) is 92.3 Å². The van der Waals surface area contributed by atoms with Gasteiger partial charge in [-0.2, -0.15) is 0 Å². The molecule has 0 radical (unpaired) electrons. The molecule has 2 amide bonds. The maximum atomic E-state index is 12.3. The Morgan fingerprint density at radius 3 is 2.65 bits per heavy atom. The van der Waals surface area contributed by atoms with Crippen molar-refractivity contribution in [2.24, 2.45) is 0 Å². The molecule has 1 aliphatic rings. The van der Waals surface area contributed by atoms with Crippen molar-refractivity contribution >= 4 is 34.2 Å². The lowest BCUT2D eigenvalue weighted by molar-refractivity contribution is 0.0951. The van der Waals surface area contributed by atoms with Gasteiger partial charge < -0.3 is 20.7 Å². The lowest BCUT2D eigenvalue weighted by Crippen LogP contribution is -2.26. The van der Waals surface area contributed by atoms with Gasteiger partial charge in [0, 0.05) is 23.8 Å². The molecule has 160 valence electrons. The number of amides is 2. The van der Waals surface area contributed by atoms with Crippen LogP contribution in [0.1, 0.15) is 40.0 Å². The van der Waals surface area contributed by atoms with E-state index in [1.165, 1.54) is 11.3 Å². The van der Waals surface area contributed by atoms with Gasteiger partial charge in [0.15, 0.2) is 5.13 Å². The smallest absolute Gasteiger partial charge is 0.397 e. The van der Waals surface area contributed by atoms with Crippen LogP contribution in [0.5, 0.6) is 5.06 Å². The molecule has 2 aromatic carbocycles. The minimum Gasteiger partial charge on any atom is -0.397 e. The quantitative estimate of drug-likeness (QED) is 0.500. The molecule has 1 heterocycles. The number of hydrogen-bond donors (Lipinski definition) is 3. The zero-order valence-corrected chi connectivity index (χ0v) is 18.2. The summed E-state index contributed by atoms with van der Waals surface area (Å²) in [6, 6.07) is 15.5. The predicted octanol–water partition coefficient (Wildman–Crippen LogP) is 4.68. The zero-order valence-electron chi connectivity index (χ0n) is 17.4. The molecular formula is C23H24N4O3S. The highest BCUT2D eigenvalue weighted by molar-refractivity contribution is 7.17. The molecule has 1 saturated carbocycles. The molecule has 1 aliphatic carbocycles. The number of benzene rings is 2. The minimum atomic E-state index is -0.530. The molecule has 0 saturated heterocycles. The Morgan fingerprint density at radius 2 is 1.90 bits per heavy atom. The zero-order chi connectivity index (χ0) is 21.8. The van der Waals surface area contributed by atoms with Crippen LogP contribution in [-0.2, 0) is 6.54 Å². The van der Waals surface area contributed by atoms with Crippen LogP contribution in [0.4, 0.5) is 15.6 Å². The van der Waals surface area contributed by atoms with Gasteiger partial charge in [0.1, 0.15) is 0 Å². The Morgan fingerprint density at radius 1 is 1.13 bits per heavy atom. The fraction of sp³-hybridized carbons (Fsp3) is 0.261. The molecule has 1 aromatic heterocycles. The highest BCUT2D eigenvalue weighted by atomic mass is 32.1. The molecule has 4 rings (SSSR count). The molecule has 8 heteroatoms. The van der Waals surface area contributed by atoms with Gasteiger partial charge in [0.2, 0.25) is 5.06 Å². The summed E-state index contributed by atoms with van der Waals surface area (Å²) in [7, 11) is 0. The number of carbonyl (C=O) groups is 2. The van der Waals surface area contributed by atoms with E-state index < -0.39 is 6.09 Å². The molecule has 0 unspecified atom stereocenters. The Hall–Kier alpha value is -3.39. The summed E-state index contributed by atoms with van der Waals surface area (Å²) in [6.45, 7) is 4.13. The molecule has 7 nitrogen and oxygen atoms in total. The first kappa shape index (κ1) is 20.9. The van der Waals surface area contributed by atoms with Gasteiger partial charge in [0.25, 0.3) is 5.91 Å². The fourth-order valence-corrected chi connectivity index (χ4v) is 3.76. The van der Waals surface area contributed by atoms with Crippen molar-refractivity contribution in [1.29, 1.82) is 0 Å². The molecule has 3 aromatic rings. The number of thiazole rings is 1. The number of aryl methyl sites for hydroxylation is 2. The highest BCUT2D eigenvalue weighted by Gasteiger charge is 2.24. The third kappa shape index (κ3) is 5.61. The van der Waals surface area contributed by atoms with Crippen molar-refractivity contribution in [1.82, 2.24) is 15.6 Å². The van der Waals surface area contributed by atoms with Gasteiger partial charge in [-0.3, -0.25) is 4.79 Å². The molecule has 0 bridgehead atoms. The Bertz CT molecular complexity index is 1090. The number of carbonyl (C=O) groups excluding carboxylic acids is 2. The lowest BCUT2D eigenvalue weighted by atomic mass is 10.1. The lowest BCUT2D eigenvalue weighted by Gasteiger charge is -2.10. The third-order valence-electron chi connectivity index (χ3n) is 4.87. The SMILES string of the molecule is Cc1ccc(C(=O)NC2CC2)cc1Nc1nc(C)c(OC(=O)NCc2ccccc2)s1. The number of rotatable bonds is 7. The Kier molecular flexibility index (Phi) is 6.18. The van der Waals surface area contributed by atoms with E-state index in [1.54, 1.807) is 6.92 Å². The molecular weight excluding hydrogens is 412 g/mol. The Balaban J connectivity index is 1.39. The number of nitrogens with one attached hydrogen (secondary N) is 3. The van der Waals surface area contributed by atoms with E-state index in [4.69, 9.17) is 4.74 Å². The standard InChI is InChI=1S/C23H24N4O3S/c1-14-8-9-17(20(28)26-18-10-11-18)12-19(14)27-22-25-15(2)21(31-22)30-23(29)24-13-16-6-4-3-5-7-16/h3-9,12,18H,10-11,13H2,1-2H3,(H,24,29)(H,25,27)(H,26,28). The molecule has 3 N–H and O–H groups in total. The van der Waals surface area contributed by atoms with Crippen molar-refractivity contribution in [2.75, 3.05) is 5.32 Å². The second kappa shape index (κ2) is 9.18. The van der Waals surface area contributed by atoms with Crippen LogP contribution in [0.3, 0.4) is 0 Å². The second-order valence-electron chi connectivity index (χ2n) is 7.52. The Labute approximate surface area is 184 Å². The van der Waals surface area contributed by atoms with Crippen LogP contribution in [0.2, 0.25) is 0 Å². The number of anilines is 2. The van der Waals surface area contributed by atoms with Crippen molar-refractivity contribution in [2.45, 2.75) is 39.3 Å². The van der Waals surface area contributed by atoms with Gasteiger partial charge in [-0.1, -0.05) is 47.7 Å². The van der Waals surface area contributed by atoms with Gasteiger partial charge >= 0.3 is 6.09 Å². The van der Waals surface area contributed by atoms with E-state index in [1.807, 2.05) is 55.5 Å². The number of nitrogens with zero attached hydrogens (tertiary/aromatic N) is 1. The molecule has 0 aliphatic heterocycles. The van der Waals surface area contributed by atoms with Crippen LogP contribution in [0.15, 0.2) is 48.5 Å². The summed E-state index contributed by atoms with van der Waals surface area (Å²) in [5, 5.41) is 9.99. The number of ether oxygens (including phenoxy) is 1. The first-order valence-corrected chi connectivity index (χ1v) is 10.9. The third-order valence-corrected chi connectivity index (χ3v) is 5.82. The molecule has 1 fully saturated rings. The minimum absolute atomic E-state index is 0.0695. The summed E-state index contributed by atoms with van der Waals surface area (Å²) in [5.74, 6) is -0.0695. The fourth-order valence-electron chi connectivity index (χ4n) is 2.93. The van der Waals surface area contributed by atoms with E-state index >= 15 is 0 Å². The van der Waals surface area contributed by atoms with Crippen molar-refractivity contribution in [3.8, 4) is 5.06 Å². The van der Waals surface area contributed by atoms with Crippen LogP contribution in [-0.4, -0.2) is 23.0 Å². The van der Waals surface area contributed by atoms with E-state index in [0.717, 1.165) is 29.7 Å². The van der Waals surface area contributed by atoms with Crippen molar-refractivity contribution < 1.29 is 14.3 Å². The first-order valence-electron chi connectivity index (χ1n) is 10.1. The van der Waals surface area contributed by atoms with E-state index in [0.29, 0.717) is 34.0 Å². The summed E-state index contributed by atoms with van der Waals surface area (Å²) in [4.78, 5) is 28.9. The molecule has 0 spiro atoms. The van der Waals surface area contributed by atoms with Crippen LogP contribution in [0.25, 0.3) is 0 Å². The first-order chi connectivity index (χ1) is 15.0. The van der Waals surface area contributed by atoms with Gasteiger partial charge in [-0.15, -0.1) is 0 Å². The van der Waals surface area contributed by atoms with Gasteiger partial charge in [0.05, 0.1) is 5.69 Å². The summed E-state index contributed by atoms with van der Waals surface area (Å²) in [5.41, 5.74) is 3.98. The monoisotopic (exact) mass is 436 g/mol. The largest absolute Gasteiger partial charge is 0.413 e. The molecule has 31 heavy (non-hydrogen) atoms. The maximum absolute atomic E-state index is 12.3.